The van der Waals surface area contributed by atoms with E-state index in [2.05, 4.69) is 25.2 Å². The molecule has 7 heteroatoms. The Hall–Kier alpha value is -2.57. The van der Waals surface area contributed by atoms with Crippen molar-refractivity contribution in [2.75, 3.05) is 11.9 Å². The number of imide groups is 1. The van der Waals surface area contributed by atoms with Gasteiger partial charge in [-0.2, -0.15) is 0 Å². The van der Waals surface area contributed by atoms with E-state index in [-0.39, 0.29) is 16.6 Å². The van der Waals surface area contributed by atoms with Gasteiger partial charge < -0.3 is 4.90 Å². The van der Waals surface area contributed by atoms with E-state index >= 15 is 0 Å². The Labute approximate surface area is 184 Å². The molecule has 2 aliphatic rings. The Kier molecular flexibility index (Phi) is 5.03. The van der Waals surface area contributed by atoms with E-state index in [0.29, 0.717) is 16.3 Å². The van der Waals surface area contributed by atoms with Crippen LogP contribution in [0.4, 0.5) is 10.5 Å². The number of benzene rings is 2. The highest BCUT2D eigenvalue weighted by atomic mass is 35.5. The summed E-state index contributed by atoms with van der Waals surface area (Å²) in [6.45, 7) is 6.20. The summed E-state index contributed by atoms with van der Waals surface area (Å²) in [5.74, 6) is -0.311. The van der Waals surface area contributed by atoms with Gasteiger partial charge in [-0.15, -0.1) is 0 Å². The first-order chi connectivity index (χ1) is 14.1. The SMILES string of the molecule is Cc1cc2c(cc1-c1cc(/C=C3/SC(=O)NC3=O)ccc1Cl)N(C)C(=O)CC2(C)C. The molecule has 0 atom stereocenters. The molecular weight excluding hydrogens is 420 g/mol. The first-order valence-electron chi connectivity index (χ1n) is 9.53. The van der Waals surface area contributed by atoms with Crippen molar-refractivity contribution in [2.24, 2.45) is 0 Å². The fraction of sp³-hybridized carbons (Fsp3) is 0.261. The number of hydrogen-bond acceptors (Lipinski definition) is 4. The van der Waals surface area contributed by atoms with Gasteiger partial charge in [-0.3, -0.25) is 19.7 Å². The maximum absolute atomic E-state index is 12.5. The predicted octanol–water partition coefficient (Wildman–Crippen LogP) is 5.28. The largest absolute Gasteiger partial charge is 0.315 e. The van der Waals surface area contributed by atoms with Crippen molar-refractivity contribution in [1.82, 2.24) is 5.32 Å². The highest BCUT2D eigenvalue weighted by Gasteiger charge is 2.35. The van der Waals surface area contributed by atoms with Crippen LogP contribution in [0.15, 0.2) is 35.2 Å². The lowest BCUT2D eigenvalue weighted by molar-refractivity contribution is -0.119. The fourth-order valence-electron chi connectivity index (χ4n) is 3.94. The van der Waals surface area contributed by atoms with Crippen LogP contribution < -0.4 is 10.2 Å². The number of thioether (sulfide) groups is 1. The zero-order valence-corrected chi connectivity index (χ0v) is 18.7. The van der Waals surface area contributed by atoms with Crippen molar-refractivity contribution in [3.8, 4) is 11.1 Å². The molecule has 5 nitrogen and oxygen atoms in total. The van der Waals surface area contributed by atoms with Gasteiger partial charge in [0, 0.05) is 35.2 Å². The molecule has 2 aromatic carbocycles. The van der Waals surface area contributed by atoms with Crippen LogP contribution >= 0.6 is 23.4 Å². The molecule has 0 bridgehead atoms. The molecule has 0 unspecified atom stereocenters. The predicted molar refractivity (Wildman–Crippen MR) is 122 cm³/mol. The topological polar surface area (TPSA) is 66.5 Å². The van der Waals surface area contributed by atoms with Crippen LogP contribution in [0.5, 0.6) is 0 Å². The van der Waals surface area contributed by atoms with E-state index in [4.69, 9.17) is 11.6 Å². The van der Waals surface area contributed by atoms with E-state index in [1.54, 1.807) is 24.1 Å². The van der Waals surface area contributed by atoms with Crippen molar-refractivity contribution < 1.29 is 14.4 Å². The Morgan fingerprint density at radius 3 is 2.53 bits per heavy atom. The second-order valence-corrected chi connectivity index (χ2v) is 9.71. The lowest BCUT2D eigenvalue weighted by atomic mass is 9.76. The minimum Gasteiger partial charge on any atom is -0.315 e. The molecule has 0 aromatic heterocycles. The second-order valence-electron chi connectivity index (χ2n) is 8.29. The number of carbonyl (C=O) groups is 3. The third kappa shape index (κ3) is 3.55. The zero-order valence-electron chi connectivity index (χ0n) is 17.1. The van der Waals surface area contributed by atoms with Gasteiger partial charge in [-0.25, -0.2) is 0 Å². The summed E-state index contributed by atoms with van der Waals surface area (Å²) < 4.78 is 0. The van der Waals surface area contributed by atoms with Crippen molar-refractivity contribution in [3.63, 3.8) is 0 Å². The van der Waals surface area contributed by atoms with Crippen LogP contribution in [0, 0.1) is 6.92 Å². The minimum absolute atomic E-state index is 0.0841. The molecule has 0 aliphatic carbocycles. The maximum Gasteiger partial charge on any atom is 0.290 e. The third-order valence-corrected chi connectivity index (χ3v) is 6.76. The number of nitrogens with one attached hydrogen (secondary N) is 1. The number of nitrogens with zero attached hydrogens (tertiary/aromatic N) is 1. The molecular formula is C23H21ClN2O3S. The van der Waals surface area contributed by atoms with Crippen LogP contribution in [-0.4, -0.2) is 24.1 Å². The summed E-state index contributed by atoms with van der Waals surface area (Å²) in [4.78, 5) is 37.8. The summed E-state index contributed by atoms with van der Waals surface area (Å²) in [7, 11) is 1.80. The van der Waals surface area contributed by atoms with Gasteiger partial charge in [-0.1, -0.05) is 37.6 Å². The highest BCUT2D eigenvalue weighted by molar-refractivity contribution is 8.18. The van der Waals surface area contributed by atoms with E-state index in [9.17, 15) is 14.4 Å². The van der Waals surface area contributed by atoms with E-state index < -0.39 is 5.91 Å². The molecule has 2 aliphatic heterocycles. The third-order valence-electron chi connectivity index (χ3n) is 5.62. The Morgan fingerprint density at radius 2 is 1.87 bits per heavy atom. The Balaban J connectivity index is 1.84. The van der Waals surface area contributed by atoms with Gasteiger partial charge in [-0.05, 0) is 65.2 Å². The normalized spacial score (nSPS) is 19.3. The molecule has 2 aromatic rings. The molecule has 0 saturated carbocycles. The quantitative estimate of drug-likeness (QED) is 0.645. The van der Waals surface area contributed by atoms with Gasteiger partial charge in [0.1, 0.15) is 0 Å². The summed E-state index contributed by atoms with van der Waals surface area (Å²) in [5, 5.41) is 2.46. The molecule has 4 rings (SSSR count). The number of fused-ring (bicyclic) bond motifs is 1. The number of carbonyl (C=O) groups excluding carboxylic acids is 3. The second kappa shape index (κ2) is 7.29. The van der Waals surface area contributed by atoms with Crippen LogP contribution in [0.1, 0.15) is 37.0 Å². The fourth-order valence-corrected chi connectivity index (χ4v) is 4.85. The molecule has 3 amide bonds. The molecule has 1 fully saturated rings. The number of rotatable bonds is 2. The summed E-state index contributed by atoms with van der Waals surface area (Å²) in [5.41, 5.74) is 5.34. The van der Waals surface area contributed by atoms with Crippen LogP contribution in [0.2, 0.25) is 5.02 Å². The van der Waals surface area contributed by atoms with Gasteiger partial charge >= 0.3 is 0 Å². The molecule has 0 radical (unpaired) electrons. The maximum atomic E-state index is 12.5. The lowest BCUT2D eigenvalue weighted by Gasteiger charge is -2.37. The van der Waals surface area contributed by atoms with Gasteiger partial charge in [0.25, 0.3) is 11.1 Å². The zero-order chi connectivity index (χ0) is 21.8. The average Bonchev–Trinajstić information content (AvgIpc) is 2.98. The minimum atomic E-state index is -0.395. The van der Waals surface area contributed by atoms with E-state index in [0.717, 1.165) is 45.3 Å². The van der Waals surface area contributed by atoms with Crippen molar-refractivity contribution >= 4 is 52.2 Å². The van der Waals surface area contributed by atoms with Gasteiger partial charge in [0.05, 0.1) is 4.91 Å². The first kappa shape index (κ1) is 20.7. The molecule has 30 heavy (non-hydrogen) atoms. The van der Waals surface area contributed by atoms with Crippen molar-refractivity contribution in [2.45, 2.75) is 32.6 Å². The van der Waals surface area contributed by atoms with Crippen LogP contribution in [-0.2, 0) is 15.0 Å². The number of hydrogen-bond donors (Lipinski definition) is 1. The summed E-state index contributed by atoms with van der Waals surface area (Å²) in [6, 6.07) is 9.63. The number of halogens is 1. The smallest absolute Gasteiger partial charge is 0.290 e. The van der Waals surface area contributed by atoms with Crippen LogP contribution in [0.3, 0.4) is 0 Å². The summed E-state index contributed by atoms with van der Waals surface area (Å²) in [6.07, 6.45) is 2.15. The number of aryl methyl sites for hydroxylation is 1. The first-order valence-corrected chi connectivity index (χ1v) is 10.7. The Morgan fingerprint density at radius 1 is 1.13 bits per heavy atom. The van der Waals surface area contributed by atoms with Crippen molar-refractivity contribution in [3.05, 3.63) is 56.9 Å². The molecule has 1 saturated heterocycles. The molecule has 0 spiro atoms. The monoisotopic (exact) mass is 440 g/mol. The van der Waals surface area contributed by atoms with Gasteiger partial charge in [0.2, 0.25) is 5.91 Å². The van der Waals surface area contributed by atoms with Crippen molar-refractivity contribution in [1.29, 1.82) is 0 Å². The number of amides is 3. The molecule has 154 valence electrons. The Bertz CT molecular complexity index is 1150. The van der Waals surface area contributed by atoms with Crippen LogP contribution in [0.25, 0.3) is 17.2 Å². The lowest BCUT2D eigenvalue weighted by Crippen LogP contribution is -2.39. The average molecular weight is 441 g/mol. The highest BCUT2D eigenvalue weighted by Crippen LogP contribution is 2.44. The summed E-state index contributed by atoms with van der Waals surface area (Å²) >= 11 is 7.42. The molecule has 2 heterocycles. The number of anilines is 1. The molecule has 1 N–H and O–H groups in total. The standard InChI is InChI=1S/C23H21ClN2O3S/c1-12-7-16-18(26(4)20(27)11-23(16,2)3)10-14(12)15-8-13(5-6-17(15)24)9-19-21(28)25-22(29)30-19/h5-10H,11H2,1-4H3,(H,25,28,29)/b19-9+. The van der Waals surface area contributed by atoms with Gasteiger partial charge in [0.15, 0.2) is 0 Å². The van der Waals surface area contributed by atoms with E-state index in [1.165, 1.54) is 0 Å². The van der Waals surface area contributed by atoms with E-state index in [1.807, 2.05) is 25.1 Å².